The Kier molecular flexibility index (Phi) is 4.62. The third-order valence-corrected chi connectivity index (χ3v) is 3.69. The van der Waals surface area contributed by atoms with Crippen molar-refractivity contribution in [3.63, 3.8) is 0 Å². The number of rotatable bonds is 6. The minimum atomic E-state index is 0.863. The van der Waals surface area contributed by atoms with Crippen LogP contribution < -0.4 is 0 Å². The van der Waals surface area contributed by atoms with Gasteiger partial charge in [-0.05, 0) is 23.3 Å². The Morgan fingerprint density at radius 3 is 2.45 bits per heavy atom. The number of fused-ring (bicyclic) bond motifs is 1. The van der Waals surface area contributed by atoms with Crippen LogP contribution in [0.25, 0.3) is 10.9 Å². The molecule has 22 heavy (non-hydrogen) atoms. The second-order valence-electron chi connectivity index (χ2n) is 5.48. The lowest BCUT2D eigenvalue weighted by atomic mass is 10.1. The van der Waals surface area contributed by atoms with Crippen molar-refractivity contribution in [2.24, 2.45) is 0 Å². The highest BCUT2D eigenvalue weighted by molar-refractivity contribution is 5.78. The highest BCUT2D eigenvalue weighted by Gasteiger charge is 2.06. The van der Waals surface area contributed by atoms with Gasteiger partial charge in [-0.2, -0.15) is 0 Å². The predicted octanol–water partition coefficient (Wildman–Crippen LogP) is 4.42. The molecule has 0 N–H and O–H groups in total. The van der Waals surface area contributed by atoms with Crippen molar-refractivity contribution in [2.45, 2.75) is 13.1 Å². The molecule has 0 atom stereocenters. The standard InChI is InChI=1S/C20H20N2/c1-2-12-22(15-17-8-4-3-5-9-17)16-18-13-19-10-6-7-11-20(19)21-14-18/h2-11,13-14H,1,12,15-16H2. The van der Waals surface area contributed by atoms with Crippen molar-refractivity contribution < 1.29 is 0 Å². The van der Waals surface area contributed by atoms with Gasteiger partial charge in [0, 0.05) is 31.2 Å². The molecule has 0 aliphatic rings. The first-order valence-corrected chi connectivity index (χ1v) is 7.56. The lowest BCUT2D eigenvalue weighted by Gasteiger charge is -2.21. The van der Waals surface area contributed by atoms with E-state index in [-0.39, 0.29) is 0 Å². The Bertz CT molecular complexity index is 750. The van der Waals surface area contributed by atoms with Crippen LogP contribution in [0.1, 0.15) is 11.1 Å². The Morgan fingerprint density at radius 2 is 1.64 bits per heavy atom. The van der Waals surface area contributed by atoms with E-state index in [4.69, 9.17) is 0 Å². The summed E-state index contributed by atoms with van der Waals surface area (Å²) < 4.78 is 0. The highest BCUT2D eigenvalue weighted by Crippen LogP contribution is 2.15. The molecule has 0 bridgehead atoms. The van der Waals surface area contributed by atoms with E-state index in [0.717, 1.165) is 25.2 Å². The molecule has 0 radical (unpaired) electrons. The normalized spacial score (nSPS) is 11.0. The van der Waals surface area contributed by atoms with E-state index in [9.17, 15) is 0 Å². The topological polar surface area (TPSA) is 16.1 Å². The number of aromatic nitrogens is 1. The third kappa shape index (κ3) is 3.60. The average molecular weight is 288 g/mol. The second-order valence-corrected chi connectivity index (χ2v) is 5.48. The maximum atomic E-state index is 4.55. The Balaban J connectivity index is 1.78. The van der Waals surface area contributed by atoms with Crippen LogP contribution in [0.15, 0.2) is 79.5 Å². The van der Waals surface area contributed by atoms with Gasteiger partial charge < -0.3 is 0 Å². The Hall–Kier alpha value is -2.45. The molecule has 0 fully saturated rings. The van der Waals surface area contributed by atoms with Crippen LogP contribution in [0, 0.1) is 0 Å². The SMILES string of the molecule is C=CCN(Cc1ccccc1)Cc1cnc2ccccc2c1. The smallest absolute Gasteiger partial charge is 0.0702 e. The van der Waals surface area contributed by atoms with Gasteiger partial charge in [0.25, 0.3) is 0 Å². The fourth-order valence-electron chi connectivity index (χ4n) is 2.67. The lowest BCUT2D eigenvalue weighted by molar-refractivity contribution is 0.286. The summed E-state index contributed by atoms with van der Waals surface area (Å²) in [7, 11) is 0. The van der Waals surface area contributed by atoms with E-state index in [0.29, 0.717) is 0 Å². The highest BCUT2D eigenvalue weighted by atomic mass is 15.1. The zero-order valence-corrected chi connectivity index (χ0v) is 12.7. The fourth-order valence-corrected chi connectivity index (χ4v) is 2.67. The van der Waals surface area contributed by atoms with Crippen LogP contribution in [0.5, 0.6) is 0 Å². The van der Waals surface area contributed by atoms with Crippen LogP contribution in [0.2, 0.25) is 0 Å². The third-order valence-electron chi connectivity index (χ3n) is 3.69. The van der Waals surface area contributed by atoms with Gasteiger partial charge in [0.05, 0.1) is 5.52 Å². The number of hydrogen-bond acceptors (Lipinski definition) is 2. The predicted molar refractivity (Wildman–Crippen MR) is 92.5 cm³/mol. The molecule has 0 aliphatic carbocycles. The van der Waals surface area contributed by atoms with E-state index in [1.54, 1.807) is 0 Å². The zero-order valence-electron chi connectivity index (χ0n) is 12.7. The van der Waals surface area contributed by atoms with Gasteiger partial charge in [-0.3, -0.25) is 9.88 Å². The van der Waals surface area contributed by atoms with Crippen LogP contribution in [0.4, 0.5) is 0 Å². The minimum Gasteiger partial charge on any atom is -0.291 e. The summed E-state index contributed by atoms with van der Waals surface area (Å²) in [4.78, 5) is 6.92. The maximum absolute atomic E-state index is 4.55. The first-order valence-electron chi connectivity index (χ1n) is 7.56. The molecule has 110 valence electrons. The number of pyridine rings is 1. The summed E-state index contributed by atoms with van der Waals surface area (Å²) in [5.41, 5.74) is 3.60. The van der Waals surface area contributed by atoms with Crippen LogP contribution >= 0.6 is 0 Å². The van der Waals surface area contributed by atoms with Crippen molar-refractivity contribution >= 4 is 10.9 Å². The molecule has 2 heteroatoms. The van der Waals surface area contributed by atoms with Crippen LogP contribution in [-0.4, -0.2) is 16.4 Å². The number of nitrogens with zero attached hydrogens (tertiary/aromatic N) is 2. The molecule has 1 aromatic heterocycles. The Morgan fingerprint density at radius 1 is 0.909 bits per heavy atom. The number of hydrogen-bond donors (Lipinski definition) is 0. The quantitative estimate of drug-likeness (QED) is 0.624. The van der Waals surface area contributed by atoms with Gasteiger partial charge in [-0.1, -0.05) is 54.6 Å². The van der Waals surface area contributed by atoms with E-state index in [2.05, 4.69) is 65.0 Å². The summed E-state index contributed by atoms with van der Waals surface area (Å²) >= 11 is 0. The second kappa shape index (κ2) is 7.01. The summed E-state index contributed by atoms with van der Waals surface area (Å²) in [6, 6.07) is 21.0. The van der Waals surface area contributed by atoms with E-state index < -0.39 is 0 Å². The van der Waals surface area contributed by atoms with Crippen LogP contribution in [0.3, 0.4) is 0 Å². The van der Waals surface area contributed by atoms with Crippen molar-refractivity contribution in [2.75, 3.05) is 6.54 Å². The number of benzene rings is 2. The van der Waals surface area contributed by atoms with Crippen molar-refractivity contribution in [3.8, 4) is 0 Å². The average Bonchev–Trinajstić information content (AvgIpc) is 2.56. The summed E-state index contributed by atoms with van der Waals surface area (Å²) in [6.07, 6.45) is 3.93. The lowest BCUT2D eigenvalue weighted by Crippen LogP contribution is -2.22. The summed E-state index contributed by atoms with van der Waals surface area (Å²) in [5.74, 6) is 0. The molecule has 0 amide bonds. The van der Waals surface area contributed by atoms with Gasteiger partial charge >= 0.3 is 0 Å². The summed E-state index contributed by atoms with van der Waals surface area (Å²) in [5, 5.41) is 1.19. The molecular formula is C20H20N2. The summed E-state index contributed by atoms with van der Waals surface area (Å²) in [6.45, 7) is 6.53. The largest absolute Gasteiger partial charge is 0.291 e. The van der Waals surface area contributed by atoms with Gasteiger partial charge in [0.15, 0.2) is 0 Å². The Labute approximate surface area is 131 Å². The van der Waals surface area contributed by atoms with Gasteiger partial charge in [0.2, 0.25) is 0 Å². The van der Waals surface area contributed by atoms with Crippen molar-refractivity contribution in [1.29, 1.82) is 0 Å². The van der Waals surface area contributed by atoms with Gasteiger partial charge in [-0.25, -0.2) is 0 Å². The molecule has 3 rings (SSSR count). The maximum Gasteiger partial charge on any atom is 0.0702 e. The molecule has 1 heterocycles. The zero-order chi connectivity index (χ0) is 15.2. The first kappa shape index (κ1) is 14.5. The molecule has 3 aromatic rings. The molecule has 0 aliphatic heterocycles. The molecule has 0 unspecified atom stereocenters. The van der Waals surface area contributed by atoms with Crippen molar-refractivity contribution in [3.05, 3.63) is 90.6 Å². The van der Waals surface area contributed by atoms with Gasteiger partial charge in [-0.15, -0.1) is 6.58 Å². The molecule has 0 saturated carbocycles. The molecule has 2 aromatic carbocycles. The molecule has 0 saturated heterocycles. The van der Waals surface area contributed by atoms with Crippen LogP contribution in [-0.2, 0) is 13.1 Å². The van der Waals surface area contributed by atoms with E-state index in [1.807, 2.05) is 24.4 Å². The fraction of sp³-hybridized carbons (Fsp3) is 0.150. The van der Waals surface area contributed by atoms with Crippen molar-refractivity contribution in [1.82, 2.24) is 9.88 Å². The van der Waals surface area contributed by atoms with E-state index >= 15 is 0 Å². The first-order chi connectivity index (χ1) is 10.8. The molecule has 0 spiro atoms. The number of para-hydroxylation sites is 1. The molecular weight excluding hydrogens is 268 g/mol. The molecule has 2 nitrogen and oxygen atoms in total. The van der Waals surface area contributed by atoms with Gasteiger partial charge in [0.1, 0.15) is 0 Å². The minimum absolute atomic E-state index is 0.863. The van der Waals surface area contributed by atoms with E-state index in [1.165, 1.54) is 16.5 Å². The monoisotopic (exact) mass is 288 g/mol.